The van der Waals surface area contributed by atoms with Crippen LogP contribution in [0, 0.1) is 0 Å². The fourth-order valence-corrected chi connectivity index (χ4v) is 2.12. The number of Topliss-reactive ketones (excluding diaryl/α,β-unsaturated/α-hetero) is 1. The Morgan fingerprint density at radius 1 is 1.29 bits per heavy atom. The van der Waals surface area contributed by atoms with Crippen molar-refractivity contribution in [3.05, 3.63) is 45.2 Å². The third kappa shape index (κ3) is 3.49. The van der Waals surface area contributed by atoms with Crippen LogP contribution < -0.4 is 10.3 Å². The van der Waals surface area contributed by atoms with Crippen LogP contribution in [0.3, 0.4) is 0 Å². The zero-order chi connectivity index (χ0) is 15.6. The minimum Gasteiger partial charge on any atom is -0.473 e. The summed E-state index contributed by atoms with van der Waals surface area (Å²) in [5.74, 6) is 0.131. The lowest BCUT2D eigenvalue weighted by Gasteiger charge is -2.14. The molecule has 1 aromatic heterocycles. The van der Waals surface area contributed by atoms with Gasteiger partial charge in [0.2, 0.25) is 5.88 Å². The van der Waals surface area contributed by atoms with Gasteiger partial charge in [0.15, 0.2) is 5.78 Å². The molecule has 1 heterocycles. The van der Waals surface area contributed by atoms with Gasteiger partial charge in [-0.05, 0) is 44.5 Å². The summed E-state index contributed by atoms with van der Waals surface area (Å²) in [6.07, 6.45) is -0.123. The van der Waals surface area contributed by atoms with E-state index in [2.05, 4.69) is 10.2 Å². The molecule has 0 aliphatic rings. The number of ether oxygens (including phenoxy) is 1. The van der Waals surface area contributed by atoms with Gasteiger partial charge in [-0.3, -0.25) is 9.59 Å². The molecule has 2 aromatic rings. The van der Waals surface area contributed by atoms with E-state index < -0.39 is 0 Å². The van der Waals surface area contributed by atoms with Crippen molar-refractivity contribution in [2.45, 2.75) is 26.9 Å². The molecule has 0 aliphatic heterocycles. The maximum absolute atomic E-state index is 11.8. The van der Waals surface area contributed by atoms with Crippen LogP contribution in [0.1, 0.15) is 31.1 Å². The molecule has 0 radical (unpaired) electrons. The average molecular weight is 307 g/mol. The number of rotatable bonds is 4. The third-order valence-electron chi connectivity index (χ3n) is 2.77. The van der Waals surface area contributed by atoms with Gasteiger partial charge in [0.1, 0.15) is 0 Å². The summed E-state index contributed by atoms with van der Waals surface area (Å²) >= 11 is 6.01. The molecule has 2 rings (SSSR count). The largest absolute Gasteiger partial charge is 0.473 e. The van der Waals surface area contributed by atoms with Crippen molar-refractivity contribution < 1.29 is 9.53 Å². The predicted octanol–water partition coefficient (Wildman–Crippen LogP) is 3.08. The highest BCUT2D eigenvalue weighted by molar-refractivity contribution is 6.31. The van der Waals surface area contributed by atoms with Crippen molar-refractivity contribution in [3.8, 4) is 17.0 Å². The number of H-pyrrole nitrogens is 1. The highest BCUT2D eigenvalue weighted by Crippen LogP contribution is 2.32. The molecule has 0 fully saturated rings. The first-order chi connectivity index (χ1) is 9.88. The number of hydrogen-bond acceptors (Lipinski definition) is 4. The number of aromatic nitrogens is 2. The van der Waals surface area contributed by atoms with Gasteiger partial charge in [0, 0.05) is 16.7 Å². The van der Waals surface area contributed by atoms with Gasteiger partial charge >= 0.3 is 0 Å². The van der Waals surface area contributed by atoms with E-state index in [1.54, 1.807) is 18.2 Å². The Kier molecular flexibility index (Phi) is 4.43. The maximum atomic E-state index is 11.8. The Labute approximate surface area is 126 Å². The van der Waals surface area contributed by atoms with Gasteiger partial charge in [0.25, 0.3) is 5.56 Å². The average Bonchev–Trinajstić information content (AvgIpc) is 2.39. The van der Waals surface area contributed by atoms with Crippen molar-refractivity contribution in [1.29, 1.82) is 0 Å². The molecule has 1 N–H and O–H groups in total. The fraction of sp³-hybridized carbons (Fsp3) is 0.267. The lowest BCUT2D eigenvalue weighted by atomic mass is 9.98. The van der Waals surface area contributed by atoms with Crippen LogP contribution in [0.2, 0.25) is 5.02 Å². The van der Waals surface area contributed by atoms with Gasteiger partial charge in [-0.2, -0.15) is 0 Å². The number of hydrogen-bond donors (Lipinski definition) is 1. The first-order valence-electron chi connectivity index (χ1n) is 6.45. The number of halogens is 1. The van der Waals surface area contributed by atoms with Crippen LogP contribution >= 0.6 is 11.6 Å². The standard InChI is InChI=1S/C15H15ClN2O3/c1-8(2)21-15-13(7-14(20)17-18-15)12-6-10(16)4-5-11(12)9(3)19/h4-8H,1-3H3,(H,17,20). The van der Waals surface area contributed by atoms with E-state index in [0.29, 0.717) is 21.7 Å². The SMILES string of the molecule is CC(=O)c1ccc(Cl)cc1-c1cc(=O)[nH]nc1OC(C)C. The molecule has 0 aliphatic carbocycles. The van der Waals surface area contributed by atoms with E-state index in [1.165, 1.54) is 13.0 Å². The molecule has 0 atom stereocenters. The Morgan fingerprint density at radius 2 is 2.00 bits per heavy atom. The van der Waals surface area contributed by atoms with Crippen LogP contribution in [-0.4, -0.2) is 22.1 Å². The molecule has 5 nitrogen and oxygen atoms in total. The van der Waals surface area contributed by atoms with Gasteiger partial charge in [0.05, 0.1) is 11.7 Å². The maximum Gasteiger partial charge on any atom is 0.265 e. The minimum atomic E-state index is -0.379. The quantitative estimate of drug-likeness (QED) is 0.881. The lowest BCUT2D eigenvalue weighted by Crippen LogP contribution is -2.14. The number of carbonyl (C=O) groups is 1. The molecule has 0 amide bonds. The summed E-state index contributed by atoms with van der Waals surface area (Å²) in [6.45, 7) is 5.15. The Morgan fingerprint density at radius 3 is 2.62 bits per heavy atom. The van der Waals surface area contributed by atoms with E-state index in [1.807, 2.05) is 13.8 Å². The van der Waals surface area contributed by atoms with Crippen molar-refractivity contribution in [2.75, 3.05) is 0 Å². The van der Waals surface area contributed by atoms with Gasteiger partial charge in [-0.1, -0.05) is 11.6 Å². The first-order valence-corrected chi connectivity index (χ1v) is 6.83. The summed E-state index contributed by atoms with van der Waals surface area (Å²) in [5.41, 5.74) is 1.06. The Hall–Kier alpha value is -2.14. The second-order valence-corrected chi connectivity index (χ2v) is 5.30. The van der Waals surface area contributed by atoms with E-state index >= 15 is 0 Å². The molecule has 0 saturated carbocycles. The number of ketones is 1. The van der Waals surface area contributed by atoms with Gasteiger partial charge in [-0.25, -0.2) is 5.10 Å². The second kappa shape index (κ2) is 6.10. The number of nitrogens with zero attached hydrogens (tertiary/aromatic N) is 1. The van der Waals surface area contributed by atoms with Gasteiger partial charge < -0.3 is 4.74 Å². The zero-order valence-electron chi connectivity index (χ0n) is 11.9. The van der Waals surface area contributed by atoms with Crippen LogP contribution in [0.15, 0.2) is 29.1 Å². The zero-order valence-corrected chi connectivity index (χ0v) is 12.7. The van der Waals surface area contributed by atoms with Crippen LogP contribution in [-0.2, 0) is 0 Å². The van der Waals surface area contributed by atoms with E-state index in [4.69, 9.17) is 16.3 Å². The normalized spacial score (nSPS) is 10.7. The van der Waals surface area contributed by atoms with Crippen molar-refractivity contribution >= 4 is 17.4 Å². The molecule has 0 bridgehead atoms. The summed E-state index contributed by atoms with van der Waals surface area (Å²) in [7, 11) is 0. The highest BCUT2D eigenvalue weighted by Gasteiger charge is 2.17. The Balaban J connectivity index is 2.71. The van der Waals surface area contributed by atoms with E-state index in [9.17, 15) is 9.59 Å². The molecular weight excluding hydrogens is 292 g/mol. The number of aromatic amines is 1. The first kappa shape index (κ1) is 15.3. The molecule has 0 saturated heterocycles. The van der Waals surface area contributed by atoms with Crippen LogP contribution in [0.4, 0.5) is 0 Å². The monoisotopic (exact) mass is 306 g/mol. The lowest BCUT2D eigenvalue weighted by molar-refractivity contribution is 0.101. The highest BCUT2D eigenvalue weighted by atomic mass is 35.5. The van der Waals surface area contributed by atoms with Gasteiger partial charge in [-0.15, -0.1) is 5.10 Å². The van der Waals surface area contributed by atoms with E-state index in [-0.39, 0.29) is 23.3 Å². The van der Waals surface area contributed by atoms with Crippen molar-refractivity contribution in [2.24, 2.45) is 0 Å². The fourth-order valence-electron chi connectivity index (χ4n) is 1.94. The minimum absolute atomic E-state index is 0.123. The third-order valence-corrected chi connectivity index (χ3v) is 3.01. The van der Waals surface area contributed by atoms with Crippen LogP contribution in [0.5, 0.6) is 5.88 Å². The number of benzene rings is 1. The summed E-state index contributed by atoms with van der Waals surface area (Å²) in [5, 5.41) is 6.70. The summed E-state index contributed by atoms with van der Waals surface area (Å²) in [6, 6.07) is 6.23. The topological polar surface area (TPSA) is 72.0 Å². The van der Waals surface area contributed by atoms with Crippen molar-refractivity contribution in [1.82, 2.24) is 10.2 Å². The van der Waals surface area contributed by atoms with Crippen molar-refractivity contribution in [3.63, 3.8) is 0 Å². The molecule has 1 aromatic carbocycles. The molecule has 110 valence electrons. The molecule has 21 heavy (non-hydrogen) atoms. The second-order valence-electron chi connectivity index (χ2n) is 4.86. The molecule has 0 spiro atoms. The smallest absolute Gasteiger partial charge is 0.265 e. The summed E-state index contributed by atoms with van der Waals surface area (Å²) < 4.78 is 5.59. The molecule has 6 heteroatoms. The van der Waals surface area contributed by atoms with E-state index in [0.717, 1.165) is 0 Å². The number of nitrogens with one attached hydrogen (secondary N) is 1. The molecular formula is C15H15ClN2O3. The predicted molar refractivity (Wildman–Crippen MR) is 81.1 cm³/mol. The Bertz CT molecular complexity index is 738. The van der Waals surface area contributed by atoms with Crippen LogP contribution in [0.25, 0.3) is 11.1 Å². The number of carbonyl (C=O) groups excluding carboxylic acids is 1. The summed E-state index contributed by atoms with van der Waals surface area (Å²) in [4.78, 5) is 23.4. The molecule has 0 unspecified atom stereocenters.